The minimum atomic E-state index is -0.0627. The maximum Gasteiger partial charge on any atom is 0.170 e. The van der Waals surface area contributed by atoms with Gasteiger partial charge in [0.25, 0.3) is 0 Å². The van der Waals surface area contributed by atoms with Crippen molar-refractivity contribution in [2.24, 2.45) is 5.92 Å². The van der Waals surface area contributed by atoms with Crippen molar-refractivity contribution in [2.45, 2.75) is 26.3 Å². The van der Waals surface area contributed by atoms with Crippen LogP contribution in [0.3, 0.4) is 0 Å². The molecule has 5 nitrogen and oxygen atoms in total. The summed E-state index contributed by atoms with van der Waals surface area (Å²) in [5.74, 6) is 1.39. The standard InChI is InChI=1S/C22H27NO4/c1-3-27-20-12-6-8-17(22(20)25)15-23-13-7-9-16(14-23)21(24)18-10-4-5-11-19(18)26-2/h4-6,8,10-12,16,25H,3,7,9,13-15H2,1-2H3/t16-/m0/s1. The summed E-state index contributed by atoms with van der Waals surface area (Å²) in [4.78, 5) is 15.2. The van der Waals surface area contributed by atoms with Gasteiger partial charge in [-0.15, -0.1) is 0 Å². The van der Waals surface area contributed by atoms with E-state index < -0.39 is 0 Å². The van der Waals surface area contributed by atoms with E-state index in [0.29, 0.717) is 36.8 Å². The molecule has 1 atom stereocenters. The lowest BCUT2D eigenvalue weighted by Gasteiger charge is -2.32. The molecule has 144 valence electrons. The average molecular weight is 369 g/mol. The maximum absolute atomic E-state index is 13.0. The molecule has 0 aliphatic carbocycles. The molecule has 1 N–H and O–H groups in total. The summed E-state index contributed by atoms with van der Waals surface area (Å²) in [6.45, 7) is 4.59. The highest BCUT2D eigenvalue weighted by Gasteiger charge is 2.28. The topological polar surface area (TPSA) is 59.0 Å². The highest BCUT2D eigenvalue weighted by atomic mass is 16.5. The van der Waals surface area contributed by atoms with Gasteiger partial charge in [-0.3, -0.25) is 9.69 Å². The van der Waals surface area contributed by atoms with E-state index in [1.165, 1.54) is 0 Å². The lowest BCUT2D eigenvalue weighted by atomic mass is 9.89. The molecule has 1 saturated heterocycles. The maximum atomic E-state index is 13.0. The second kappa shape index (κ2) is 8.91. The van der Waals surface area contributed by atoms with Gasteiger partial charge in [0.1, 0.15) is 5.75 Å². The summed E-state index contributed by atoms with van der Waals surface area (Å²) in [5.41, 5.74) is 1.47. The largest absolute Gasteiger partial charge is 0.504 e. The Morgan fingerprint density at radius 3 is 2.74 bits per heavy atom. The Morgan fingerprint density at radius 2 is 1.96 bits per heavy atom. The summed E-state index contributed by atoms with van der Waals surface area (Å²) in [7, 11) is 1.59. The molecule has 27 heavy (non-hydrogen) atoms. The fourth-order valence-electron chi connectivity index (χ4n) is 3.69. The van der Waals surface area contributed by atoms with Gasteiger partial charge in [-0.25, -0.2) is 0 Å². The first-order chi connectivity index (χ1) is 13.1. The van der Waals surface area contributed by atoms with Crippen molar-refractivity contribution in [3.8, 4) is 17.2 Å². The van der Waals surface area contributed by atoms with Crippen molar-refractivity contribution < 1.29 is 19.4 Å². The molecule has 3 rings (SSSR count). The molecular weight excluding hydrogens is 342 g/mol. The third-order valence-corrected chi connectivity index (χ3v) is 5.03. The number of piperidine rings is 1. The Bertz CT molecular complexity index is 790. The number of benzene rings is 2. The molecule has 0 saturated carbocycles. The Balaban J connectivity index is 1.71. The van der Waals surface area contributed by atoms with Crippen molar-refractivity contribution in [1.82, 2.24) is 4.90 Å². The van der Waals surface area contributed by atoms with E-state index in [1.807, 2.05) is 43.3 Å². The van der Waals surface area contributed by atoms with Crippen LogP contribution < -0.4 is 9.47 Å². The fourth-order valence-corrected chi connectivity index (χ4v) is 3.69. The van der Waals surface area contributed by atoms with Crippen molar-refractivity contribution in [3.63, 3.8) is 0 Å². The fraction of sp³-hybridized carbons (Fsp3) is 0.409. The molecule has 0 spiro atoms. The van der Waals surface area contributed by atoms with Crippen molar-refractivity contribution in [2.75, 3.05) is 26.8 Å². The summed E-state index contributed by atoms with van der Waals surface area (Å²) in [6.07, 6.45) is 1.83. The van der Waals surface area contributed by atoms with E-state index in [2.05, 4.69) is 4.90 Å². The number of phenols is 1. The Kier molecular flexibility index (Phi) is 6.35. The molecule has 0 aromatic heterocycles. The predicted molar refractivity (Wildman–Crippen MR) is 105 cm³/mol. The van der Waals surface area contributed by atoms with Crippen LogP contribution in [0.5, 0.6) is 17.2 Å². The van der Waals surface area contributed by atoms with Crippen LogP contribution in [0.25, 0.3) is 0 Å². The Hall–Kier alpha value is -2.53. The van der Waals surface area contributed by atoms with E-state index in [4.69, 9.17) is 9.47 Å². The second-order valence-corrected chi connectivity index (χ2v) is 6.84. The number of hydrogen-bond acceptors (Lipinski definition) is 5. The van der Waals surface area contributed by atoms with Gasteiger partial charge in [0, 0.05) is 24.6 Å². The van der Waals surface area contributed by atoms with E-state index >= 15 is 0 Å². The number of carbonyl (C=O) groups excluding carboxylic acids is 1. The first kappa shape index (κ1) is 19.2. The molecule has 1 aliphatic rings. The van der Waals surface area contributed by atoms with Crippen LogP contribution in [-0.4, -0.2) is 42.6 Å². The van der Waals surface area contributed by atoms with E-state index in [9.17, 15) is 9.90 Å². The number of ketones is 1. The van der Waals surface area contributed by atoms with Crippen molar-refractivity contribution in [3.05, 3.63) is 53.6 Å². The SMILES string of the molecule is CCOc1cccc(CN2CCC[C@H](C(=O)c3ccccc3OC)C2)c1O. The normalized spacial score (nSPS) is 17.5. The van der Waals surface area contributed by atoms with Gasteiger partial charge in [-0.1, -0.05) is 24.3 Å². The lowest BCUT2D eigenvalue weighted by molar-refractivity contribution is 0.0807. The number of Topliss-reactive ketones (excluding diaryl/α,β-unsaturated/α-hetero) is 1. The highest BCUT2D eigenvalue weighted by Crippen LogP contribution is 2.32. The summed E-state index contributed by atoms with van der Waals surface area (Å²) >= 11 is 0. The average Bonchev–Trinajstić information content (AvgIpc) is 2.71. The van der Waals surface area contributed by atoms with Crippen LogP contribution in [0.2, 0.25) is 0 Å². The number of carbonyl (C=O) groups is 1. The summed E-state index contributed by atoms with van der Waals surface area (Å²) in [6, 6.07) is 13.0. The molecule has 0 amide bonds. The number of phenolic OH excluding ortho intramolecular Hbond substituents is 1. The first-order valence-corrected chi connectivity index (χ1v) is 9.47. The number of ether oxygens (including phenoxy) is 2. The minimum absolute atomic E-state index is 0.0627. The van der Waals surface area contributed by atoms with Gasteiger partial charge < -0.3 is 14.6 Å². The van der Waals surface area contributed by atoms with Gasteiger partial charge in [-0.2, -0.15) is 0 Å². The molecule has 1 fully saturated rings. The van der Waals surface area contributed by atoms with Crippen LogP contribution in [-0.2, 0) is 6.54 Å². The van der Waals surface area contributed by atoms with Gasteiger partial charge in [0.15, 0.2) is 17.3 Å². The Labute approximate surface area is 160 Å². The zero-order valence-corrected chi connectivity index (χ0v) is 16.0. The highest BCUT2D eigenvalue weighted by molar-refractivity contribution is 6.00. The molecule has 0 unspecified atom stereocenters. The van der Waals surface area contributed by atoms with Gasteiger partial charge in [0.05, 0.1) is 19.3 Å². The molecule has 0 radical (unpaired) electrons. The lowest BCUT2D eigenvalue weighted by Crippen LogP contribution is -2.38. The third kappa shape index (κ3) is 4.42. The smallest absolute Gasteiger partial charge is 0.170 e. The number of aromatic hydroxyl groups is 1. The van der Waals surface area contributed by atoms with Crippen LogP contribution in [0.1, 0.15) is 35.7 Å². The molecule has 1 heterocycles. The zero-order valence-electron chi connectivity index (χ0n) is 16.0. The number of rotatable bonds is 7. The van der Waals surface area contributed by atoms with E-state index in [0.717, 1.165) is 24.9 Å². The zero-order chi connectivity index (χ0) is 19.2. The Morgan fingerprint density at radius 1 is 1.19 bits per heavy atom. The van der Waals surface area contributed by atoms with Gasteiger partial charge in [0.2, 0.25) is 0 Å². The third-order valence-electron chi connectivity index (χ3n) is 5.03. The monoisotopic (exact) mass is 369 g/mol. The van der Waals surface area contributed by atoms with E-state index in [1.54, 1.807) is 13.2 Å². The quantitative estimate of drug-likeness (QED) is 0.750. The van der Waals surface area contributed by atoms with Crippen molar-refractivity contribution in [1.29, 1.82) is 0 Å². The molecule has 2 aromatic rings. The molecule has 5 heteroatoms. The van der Waals surface area contributed by atoms with Crippen LogP contribution in [0, 0.1) is 5.92 Å². The van der Waals surface area contributed by atoms with Crippen LogP contribution in [0.15, 0.2) is 42.5 Å². The molecule has 0 bridgehead atoms. The first-order valence-electron chi connectivity index (χ1n) is 9.47. The van der Waals surface area contributed by atoms with Gasteiger partial charge >= 0.3 is 0 Å². The second-order valence-electron chi connectivity index (χ2n) is 6.84. The van der Waals surface area contributed by atoms with Crippen LogP contribution >= 0.6 is 0 Å². The predicted octanol–water partition coefficient (Wildman–Crippen LogP) is 3.89. The number of hydrogen-bond donors (Lipinski definition) is 1. The minimum Gasteiger partial charge on any atom is -0.504 e. The number of para-hydroxylation sites is 2. The molecule has 1 aliphatic heterocycles. The number of nitrogens with zero attached hydrogens (tertiary/aromatic N) is 1. The van der Waals surface area contributed by atoms with Crippen molar-refractivity contribution >= 4 is 5.78 Å². The van der Waals surface area contributed by atoms with E-state index in [-0.39, 0.29) is 17.5 Å². The number of likely N-dealkylation sites (tertiary alicyclic amines) is 1. The summed E-state index contributed by atoms with van der Waals surface area (Å²) < 4.78 is 10.8. The van der Waals surface area contributed by atoms with Gasteiger partial charge in [-0.05, 0) is 44.5 Å². The molecular formula is C22H27NO4. The molecule has 2 aromatic carbocycles. The number of methoxy groups -OCH3 is 1. The van der Waals surface area contributed by atoms with Crippen LogP contribution in [0.4, 0.5) is 0 Å². The summed E-state index contributed by atoms with van der Waals surface area (Å²) in [5, 5.41) is 10.4.